The Morgan fingerprint density at radius 2 is 1.65 bits per heavy atom. The highest BCUT2D eigenvalue weighted by Crippen LogP contribution is 2.36. The van der Waals surface area contributed by atoms with E-state index in [1.54, 1.807) is 12.3 Å². The monoisotopic (exact) mass is 561 g/mol. The first kappa shape index (κ1) is 29.2. The number of aryl methyl sites for hydroxylation is 1. The third-order valence-electron chi connectivity index (χ3n) is 6.56. The number of benzene rings is 1. The summed E-state index contributed by atoms with van der Waals surface area (Å²) in [5, 5.41) is 4.57. The number of nitrogens with one attached hydrogen (secondary N) is 2. The second kappa shape index (κ2) is 12.6. The molecule has 4 rings (SSSR count). The van der Waals surface area contributed by atoms with Crippen molar-refractivity contribution in [3.05, 3.63) is 59.4 Å². The summed E-state index contributed by atoms with van der Waals surface area (Å²) in [6, 6.07) is 2.28. The first-order valence-corrected chi connectivity index (χ1v) is 12.9. The second-order valence-electron chi connectivity index (χ2n) is 9.31. The van der Waals surface area contributed by atoms with Crippen molar-refractivity contribution in [2.75, 3.05) is 50.0 Å². The van der Waals surface area contributed by atoms with Crippen LogP contribution in [0.25, 0.3) is 11.4 Å². The van der Waals surface area contributed by atoms with Crippen molar-refractivity contribution in [2.24, 2.45) is 0 Å². The predicted octanol–water partition coefficient (Wildman–Crippen LogP) is 5.19. The molecule has 2 N–H and O–H groups in total. The van der Waals surface area contributed by atoms with Crippen LogP contribution in [0.1, 0.15) is 30.7 Å². The molecule has 214 valence electrons. The third kappa shape index (κ3) is 7.21. The van der Waals surface area contributed by atoms with Crippen LogP contribution >= 0.6 is 0 Å². The fourth-order valence-corrected chi connectivity index (χ4v) is 4.37. The Balaban J connectivity index is 1.44. The molecule has 0 saturated carbocycles. The van der Waals surface area contributed by atoms with E-state index < -0.39 is 29.3 Å². The minimum atomic E-state index is -4.72. The van der Waals surface area contributed by atoms with E-state index in [9.17, 15) is 22.4 Å². The van der Waals surface area contributed by atoms with Crippen molar-refractivity contribution in [2.45, 2.75) is 33.5 Å². The zero-order chi connectivity index (χ0) is 28.9. The summed E-state index contributed by atoms with van der Waals surface area (Å²) in [5.41, 5.74) is -0.291. The number of amides is 2. The van der Waals surface area contributed by atoms with E-state index in [2.05, 4.69) is 30.5 Å². The van der Waals surface area contributed by atoms with Gasteiger partial charge in [-0.15, -0.1) is 0 Å². The summed E-state index contributed by atoms with van der Waals surface area (Å²) in [5.74, 6) is -0.0450. The molecule has 0 unspecified atom stereocenters. The number of hydrogen-bond acceptors (Lipinski definition) is 7. The molecule has 0 aliphatic carbocycles. The number of aromatic nitrogens is 3. The molecule has 0 radical (unpaired) electrons. The van der Waals surface area contributed by atoms with Crippen LogP contribution in [0.5, 0.6) is 5.75 Å². The van der Waals surface area contributed by atoms with Crippen LogP contribution in [0.15, 0.2) is 36.8 Å². The molecule has 3 aromatic rings. The summed E-state index contributed by atoms with van der Waals surface area (Å²) in [6.07, 6.45) is -0.497. The smallest absolute Gasteiger partial charge is 0.416 e. The van der Waals surface area contributed by atoms with Crippen LogP contribution in [0.3, 0.4) is 0 Å². The maximum Gasteiger partial charge on any atom is 0.416 e. The Bertz CT molecular complexity index is 1330. The standard InChI is InChI=1S/C27H31F4N7O2/c1-4-37-6-8-38(9-7-37)16-19-10-22(28)23(12-21(19)27(29,30)31)36-26(39)35-20-14-33-25(34-15-20)18-11-24(40-5-2)17(3)32-13-18/h10-15H,4-9,16H2,1-3H3,(H2,35,36,39). The van der Waals surface area contributed by atoms with Crippen LogP contribution in [0.4, 0.5) is 33.7 Å². The highest BCUT2D eigenvalue weighted by atomic mass is 19.4. The molecule has 1 aliphatic rings. The Hall–Kier alpha value is -3.84. The fraction of sp³-hybridized carbons (Fsp3) is 0.407. The Morgan fingerprint density at radius 3 is 2.27 bits per heavy atom. The van der Waals surface area contributed by atoms with Crippen molar-refractivity contribution >= 4 is 17.4 Å². The van der Waals surface area contributed by atoms with Gasteiger partial charge in [-0.05, 0) is 44.2 Å². The number of carbonyl (C=O) groups excluding carboxylic acids is 1. The van der Waals surface area contributed by atoms with Crippen LogP contribution in [0.2, 0.25) is 0 Å². The maximum atomic E-state index is 14.9. The molecule has 1 aromatic carbocycles. The fourth-order valence-electron chi connectivity index (χ4n) is 4.37. The lowest BCUT2D eigenvalue weighted by atomic mass is 10.0. The lowest BCUT2D eigenvalue weighted by molar-refractivity contribution is -0.138. The molecule has 1 saturated heterocycles. The van der Waals surface area contributed by atoms with Crippen molar-refractivity contribution in [3.8, 4) is 17.1 Å². The lowest BCUT2D eigenvalue weighted by Gasteiger charge is -2.34. The average molecular weight is 562 g/mol. The largest absolute Gasteiger partial charge is 0.492 e. The highest BCUT2D eigenvalue weighted by Gasteiger charge is 2.35. The lowest BCUT2D eigenvalue weighted by Crippen LogP contribution is -2.45. The molecular formula is C27H31F4N7O2. The molecule has 0 atom stereocenters. The van der Waals surface area contributed by atoms with Gasteiger partial charge in [0.25, 0.3) is 0 Å². The average Bonchev–Trinajstić information content (AvgIpc) is 2.92. The van der Waals surface area contributed by atoms with Gasteiger partial charge in [0.15, 0.2) is 5.82 Å². The van der Waals surface area contributed by atoms with Gasteiger partial charge in [-0.3, -0.25) is 9.88 Å². The van der Waals surface area contributed by atoms with Gasteiger partial charge in [0.05, 0.1) is 41.6 Å². The van der Waals surface area contributed by atoms with Gasteiger partial charge < -0.3 is 20.3 Å². The van der Waals surface area contributed by atoms with Crippen LogP contribution < -0.4 is 15.4 Å². The zero-order valence-corrected chi connectivity index (χ0v) is 22.5. The Morgan fingerprint density at radius 1 is 0.975 bits per heavy atom. The predicted molar refractivity (Wildman–Crippen MR) is 143 cm³/mol. The zero-order valence-electron chi connectivity index (χ0n) is 22.5. The van der Waals surface area contributed by atoms with Crippen molar-refractivity contribution in [3.63, 3.8) is 0 Å². The van der Waals surface area contributed by atoms with Crippen molar-refractivity contribution < 1.29 is 27.1 Å². The summed E-state index contributed by atoms with van der Waals surface area (Å²) >= 11 is 0. The van der Waals surface area contributed by atoms with Crippen LogP contribution in [-0.4, -0.2) is 70.1 Å². The molecule has 1 aliphatic heterocycles. The number of pyridine rings is 1. The van der Waals surface area contributed by atoms with E-state index >= 15 is 0 Å². The van der Waals surface area contributed by atoms with Crippen molar-refractivity contribution in [1.29, 1.82) is 0 Å². The van der Waals surface area contributed by atoms with E-state index in [1.165, 1.54) is 12.4 Å². The number of likely N-dealkylation sites (N-methyl/N-ethyl adjacent to an activating group) is 1. The number of hydrogen-bond donors (Lipinski definition) is 2. The van der Waals surface area contributed by atoms with E-state index in [1.807, 2.05) is 25.7 Å². The molecule has 40 heavy (non-hydrogen) atoms. The van der Waals surface area contributed by atoms with Gasteiger partial charge in [0.2, 0.25) is 0 Å². The van der Waals surface area contributed by atoms with Crippen LogP contribution in [-0.2, 0) is 12.7 Å². The van der Waals surface area contributed by atoms with E-state index in [0.717, 1.165) is 25.7 Å². The van der Waals surface area contributed by atoms with Gasteiger partial charge in [0.1, 0.15) is 11.6 Å². The number of carbonyl (C=O) groups is 1. The summed E-state index contributed by atoms with van der Waals surface area (Å²) in [6.45, 7) is 9.64. The molecule has 3 heterocycles. The van der Waals surface area contributed by atoms with E-state index in [0.29, 0.717) is 48.6 Å². The molecule has 2 amide bonds. The van der Waals surface area contributed by atoms with E-state index in [-0.39, 0.29) is 17.8 Å². The number of ether oxygens (including phenoxy) is 1. The molecular weight excluding hydrogens is 530 g/mol. The van der Waals surface area contributed by atoms with Gasteiger partial charge in [-0.25, -0.2) is 19.2 Å². The van der Waals surface area contributed by atoms with Gasteiger partial charge in [0, 0.05) is 44.5 Å². The summed E-state index contributed by atoms with van der Waals surface area (Å²) < 4.78 is 62.0. The van der Waals surface area contributed by atoms with Gasteiger partial charge >= 0.3 is 12.2 Å². The highest BCUT2D eigenvalue weighted by molar-refractivity contribution is 5.99. The molecule has 2 aromatic heterocycles. The number of rotatable bonds is 8. The quantitative estimate of drug-likeness (QED) is 0.366. The molecule has 1 fully saturated rings. The number of alkyl halides is 3. The SMILES string of the molecule is CCOc1cc(-c2ncc(NC(=O)Nc3cc(C(F)(F)F)c(CN4CCN(CC)CC4)cc3F)cn2)cnc1C. The number of nitrogens with zero attached hydrogens (tertiary/aromatic N) is 5. The van der Waals surface area contributed by atoms with Gasteiger partial charge in [-0.2, -0.15) is 13.2 Å². The summed E-state index contributed by atoms with van der Waals surface area (Å²) in [7, 11) is 0. The second-order valence-corrected chi connectivity index (χ2v) is 9.31. The topological polar surface area (TPSA) is 95.5 Å². The molecule has 0 spiro atoms. The van der Waals surface area contributed by atoms with E-state index in [4.69, 9.17) is 4.74 Å². The number of anilines is 2. The summed E-state index contributed by atoms with van der Waals surface area (Å²) in [4.78, 5) is 29.2. The third-order valence-corrected chi connectivity index (χ3v) is 6.56. The molecule has 9 nitrogen and oxygen atoms in total. The number of piperazine rings is 1. The number of urea groups is 1. The number of halogens is 4. The first-order valence-electron chi connectivity index (χ1n) is 12.9. The Labute approximate surface area is 229 Å². The normalized spacial score (nSPS) is 14.7. The Kier molecular flexibility index (Phi) is 9.15. The minimum absolute atomic E-state index is 0.0396. The minimum Gasteiger partial charge on any atom is -0.492 e. The van der Waals surface area contributed by atoms with Gasteiger partial charge in [-0.1, -0.05) is 6.92 Å². The first-order chi connectivity index (χ1) is 19.1. The maximum absolute atomic E-state index is 14.9. The van der Waals surface area contributed by atoms with Crippen LogP contribution in [0, 0.1) is 12.7 Å². The van der Waals surface area contributed by atoms with Crippen molar-refractivity contribution in [1.82, 2.24) is 24.8 Å². The molecule has 13 heteroatoms. The molecule has 0 bridgehead atoms.